The topological polar surface area (TPSA) is 237 Å². The first-order valence-electron chi connectivity index (χ1n) is 40.2. The zero-order valence-electron chi connectivity index (χ0n) is 63.7. The molecule has 0 spiro atoms. The van der Waals surface area contributed by atoms with Crippen LogP contribution in [0, 0.1) is 23.7 Å². The van der Waals surface area contributed by atoms with E-state index in [4.69, 9.17) is 37.0 Å². The van der Waals surface area contributed by atoms with Crippen LogP contribution in [0.5, 0.6) is 0 Å². The van der Waals surface area contributed by atoms with Gasteiger partial charge in [-0.2, -0.15) is 0 Å². The molecule has 0 rings (SSSR count). The van der Waals surface area contributed by atoms with Crippen LogP contribution in [0.4, 0.5) is 0 Å². The molecule has 0 saturated carbocycles. The molecule has 3 N–H and O–H groups in total. The van der Waals surface area contributed by atoms with Crippen molar-refractivity contribution in [2.75, 3.05) is 39.6 Å². The summed E-state index contributed by atoms with van der Waals surface area (Å²) in [6.45, 7) is 14.2. The highest BCUT2D eigenvalue weighted by Crippen LogP contribution is 2.45. The predicted molar refractivity (Wildman–Crippen MR) is 395 cm³/mol. The summed E-state index contributed by atoms with van der Waals surface area (Å²) in [6.07, 6.45) is 53.0. The number of phosphoric acid groups is 2. The zero-order chi connectivity index (χ0) is 71.7. The van der Waals surface area contributed by atoms with Gasteiger partial charge in [0.05, 0.1) is 26.4 Å². The number of aliphatic hydroxyl groups is 1. The van der Waals surface area contributed by atoms with Gasteiger partial charge in [-0.1, -0.05) is 344 Å². The Bertz CT molecular complexity index is 1900. The van der Waals surface area contributed by atoms with Gasteiger partial charge in [0, 0.05) is 25.7 Å². The molecule has 0 aliphatic carbocycles. The number of phosphoric ester groups is 2. The smallest absolute Gasteiger partial charge is 0.462 e. The summed E-state index contributed by atoms with van der Waals surface area (Å²) in [5, 5.41) is 10.6. The minimum absolute atomic E-state index is 0.104. The predicted octanol–water partition coefficient (Wildman–Crippen LogP) is 22.8. The number of hydrogen-bond acceptors (Lipinski definition) is 15. The fraction of sp³-hybridized carbons (Fsp3) is 0.949. The SMILES string of the molecule is CC(C)CCCCCCCCCCCCCCCCCCC(=O)O[C@H](COC(=O)CCCCCCCCC(C)C)COP(=O)(O)OCC(O)COP(=O)(O)OC[C@@H](COC(=O)CCCCCCCCCCCCCCCCCC(C)C)OC(=O)CCCCCCCCCCC(C)C. The summed E-state index contributed by atoms with van der Waals surface area (Å²) in [5.41, 5.74) is 0. The van der Waals surface area contributed by atoms with Crippen molar-refractivity contribution in [3.05, 3.63) is 0 Å². The second-order valence-electron chi connectivity index (χ2n) is 30.0. The van der Waals surface area contributed by atoms with Gasteiger partial charge in [0.2, 0.25) is 0 Å². The molecule has 0 aliphatic heterocycles. The number of ether oxygens (including phenoxy) is 4. The van der Waals surface area contributed by atoms with Crippen molar-refractivity contribution >= 4 is 39.5 Å². The fourth-order valence-electron chi connectivity index (χ4n) is 11.9. The summed E-state index contributed by atoms with van der Waals surface area (Å²) in [7, 11) is -9.91. The lowest BCUT2D eigenvalue weighted by Gasteiger charge is -2.21. The third-order valence-corrected chi connectivity index (χ3v) is 20.0. The number of esters is 4. The van der Waals surface area contributed by atoms with Crippen LogP contribution in [0.3, 0.4) is 0 Å². The van der Waals surface area contributed by atoms with E-state index in [0.717, 1.165) is 114 Å². The van der Waals surface area contributed by atoms with E-state index >= 15 is 0 Å². The van der Waals surface area contributed by atoms with E-state index in [1.807, 2.05) is 0 Å². The molecule has 0 aliphatic rings. The average Bonchev–Trinajstić information content (AvgIpc) is 1.27. The van der Waals surface area contributed by atoms with Crippen molar-refractivity contribution < 1.29 is 80.2 Å². The van der Waals surface area contributed by atoms with Crippen LogP contribution in [0.2, 0.25) is 0 Å². The summed E-state index contributed by atoms with van der Waals surface area (Å²) in [5.74, 6) is 0.891. The van der Waals surface area contributed by atoms with E-state index in [0.29, 0.717) is 31.6 Å². The first-order valence-corrected chi connectivity index (χ1v) is 43.2. The molecule has 0 bridgehead atoms. The minimum Gasteiger partial charge on any atom is -0.462 e. The molecule has 19 heteroatoms. The van der Waals surface area contributed by atoms with Crippen LogP contribution in [0.25, 0.3) is 0 Å². The number of carbonyl (C=O) groups excluding carboxylic acids is 4. The molecule has 0 fully saturated rings. The summed E-state index contributed by atoms with van der Waals surface area (Å²) < 4.78 is 68.5. The van der Waals surface area contributed by atoms with Gasteiger partial charge in [-0.25, -0.2) is 9.13 Å². The molecule has 0 aromatic rings. The summed E-state index contributed by atoms with van der Waals surface area (Å²) in [4.78, 5) is 72.8. The molecular weight excluding hydrogens is 1270 g/mol. The Morgan fingerprint density at radius 1 is 0.258 bits per heavy atom. The van der Waals surface area contributed by atoms with Crippen LogP contribution < -0.4 is 0 Å². The Labute approximate surface area is 594 Å². The Balaban J connectivity index is 5.16. The van der Waals surface area contributed by atoms with Crippen molar-refractivity contribution in [3.63, 3.8) is 0 Å². The maximum Gasteiger partial charge on any atom is 0.472 e. The Morgan fingerprint density at radius 2 is 0.433 bits per heavy atom. The van der Waals surface area contributed by atoms with Crippen molar-refractivity contribution in [2.24, 2.45) is 23.7 Å². The van der Waals surface area contributed by atoms with Gasteiger partial charge in [0.15, 0.2) is 12.2 Å². The highest BCUT2D eigenvalue weighted by molar-refractivity contribution is 7.47. The van der Waals surface area contributed by atoms with Crippen LogP contribution >= 0.6 is 15.6 Å². The first-order chi connectivity index (χ1) is 46.6. The summed E-state index contributed by atoms with van der Waals surface area (Å²) >= 11 is 0. The van der Waals surface area contributed by atoms with E-state index in [1.54, 1.807) is 0 Å². The van der Waals surface area contributed by atoms with E-state index in [-0.39, 0.29) is 25.7 Å². The van der Waals surface area contributed by atoms with Crippen molar-refractivity contribution in [1.29, 1.82) is 0 Å². The molecule has 576 valence electrons. The van der Waals surface area contributed by atoms with Gasteiger partial charge >= 0.3 is 39.5 Å². The number of aliphatic hydroxyl groups excluding tert-OH is 1. The van der Waals surface area contributed by atoms with Gasteiger partial charge in [-0.15, -0.1) is 0 Å². The maximum absolute atomic E-state index is 13.1. The van der Waals surface area contributed by atoms with Crippen LogP contribution in [0.1, 0.15) is 396 Å². The Kier molecular flexibility index (Phi) is 65.9. The zero-order valence-corrected chi connectivity index (χ0v) is 65.5. The largest absolute Gasteiger partial charge is 0.472 e. The number of rotatable bonds is 75. The molecule has 0 radical (unpaired) electrons. The number of carbonyl (C=O) groups is 4. The molecule has 97 heavy (non-hydrogen) atoms. The quantitative estimate of drug-likeness (QED) is 0.0222. The molecule has 17 nitrogen and oxygen atoms in total. The monoisotopic (exact) mass is 1420 g/mol. The Morgan fingerprint density at radius 3 is 0.639 bits per heavy atom. The van der Waals surface area contributed by atoms with Crippen molar-refractivity contribution in [2.45, 2.75) is 414 Å². The lowest BCUT2D eigenvalue weighted by Crippen LogP contribution is -2.30. The van der Waals surface area contributed by atoms with E-state index in [1.165, 1.54) is 193 Å². The molecule has 0 saturated heterocycles. The molecule has 3 unspecified atom stereocenters. The first kappa shape index (κ1) is 95.1. The third kappa shape index (κ3) is 72.2. The average molecular weight is 1420 g/mol. The molecule has 0 heterocycles. The van der Waals surface area contributed by atoms with Crippen LogP contribution in [-0.2, 0) is 65.4 Å². The van der Waals surface area contributed by atoms with Gasteiger partial charge in [0.25, 0.3) is 0 Å². The van der Waals surface area contributed by atoms with E-state index in [2.05, 4.69) is 55.4 Å². The Hall–Kier alpha value is -1.94. The number of hydrogen-bond donors (Lipinski definition) is 3. The van der Waals surface area contributed by atoms with Gasteiger partial charge in [-0.05, 0) is 49.4 Å². The second-order valence-corrected chi connectivity index (χ2v) is 32.9. The molecule has 0 aromatic heterocycles. The fourth-order valence-corrected chi connectivity index (χ4v) is 13.5. The normalized spacial score (nSPS) is 14.1. The van der Waals surface area contributed by atoms with Crippen molar-refractivity contribution in [3.8, 4) is 0 Å². The standard InChI is InChI=1S/C78H152O17P2/c1-68(2)54-46-38-30-24-20-16-12-9-10-14-19-23-27-34-44-52-60-77(82)94-74(65-89-76(81)59-51-43-37-36-41-49-57-71(7)8)67-93-97(86,87)91-63-72(79)62-90-96(84,85)92-66-73(95-78(83)61-53-45-35-29-28-32-40-48-56-70(5)6)64-88-75(80)58-50-42-33-26-22-18-15-11-13-17-21-25-31-39-47-55-69(3)4/h68-74,79H,9-67H2,1-8H3,(H,84,85)(H,86,87)/t72?,73-,74-/m1/s1. The van der Waals surface area contributed by atoms with Gasteiger partial charge in [-0.3, -0.25) is 37.3 Å². The molecule has 0 amide bonds. The van der Waals surface area contributed by atoms with Crippen LogP contribution in [-0.4, -0.2) is 96.7 Å². The van der Waals surface area contributed by atoms with Gasteiger partial charge in [0.1, 0.15) is 19.3 Å². The van der Waals surface area contributed by atoms with Crippen molar-refractivity contribution in [1.82, 2.24) is 0 Å². The third-order valence-electron chi connectivity index (χ3n) is 18.1. The molecule has 5 atom stereocenters. The van der Waals surface area contributed by atoms with Crippen LogP contribution in [0.15, 0.2) is 0 Å². The minimum atomic E-state index is -4.96. The maximum atomic E-state index is 13.1. The van der Waals surface area contributed by atoms with Gasteiger partial charge < -0.3 is 33.8 Å². The van der Waals surface area contributed by atoms with E-state index < -0.39 is 97.5 Å². The van der Waals surface area contributed by atoms with E-state index in [9.17, 15) is 43.2 Å². The lowest BCUT2D eigenvalue weighted by atomic mass is 10.0. The highest BCUT2D eigenvalue weighted by Gasteiger charge is 2.30. The molecule has 0 aromatic carbocycles. The lowest BCUT2D eigenvalue weighted by molar-refractivity contribution is -0.161. The number of unbranched alkanes of at least 4 members (excludes halogenated alkanes) is 41. The molecular formula is C78H152O17P2. The summed E-state index contributed by atoms with van der Waals surface area (Å²) in [6, 6.07) is 0. The second kappa shape index (κ2) is 67.2. The highest BCUT2D eigenvalue weighted by atomic mass is 31.2.